The summed E-state index contributed by atoms with van der Waals surface area (Å²) < 4.78 is 16.4. The average molecular weight is 307 g/mol. The Morgan fingerprint density at radius 1 is 1.05 bits per heavy atom. The van der Waals surface area contributed by atoms with Crippen molar-refractivity contribution >= 4 is 11.3 Å². The Hall–Kier alpha value is -1.72. The third-order valence-electron chi connectivity index (χ3n) is 3.49. The second-order valence-corrected chi connectivity index (χ2v) is 5.58. The van der Waals surface area contributed by atoms with Crippen molar-refractivity contribution in [3.8, 4) is 17.2 Å². The Bertz CT molecular complexity index is 584. The SMILES string of the molecule is CNC(c1sccc1C)c1c(OC)cc(OC)cc1OC. The molecule has 0 aliphatic heterocycles. The zero-order valence-corrected chi connectivity index (χ0v) is 13.8. The highest BCUT2D eigenvalue weighted by molar-refractivity contribution is 7.10. The van der Waals surface area contributed by atoms with Gasteiger partial charge in [0.15, 0.2) is 0 Å². The lowest BCUT2D eigenvalue weighted by molar-refractivity contribution is 0.364. The lowest BCUT2D eigenvalue weighted by Gasteiger charge is -2.22. The van der Waals surface area contributed by atoms with Gasteiger partial charge in [-0.3, -0.25) is 0 Å². The van der Waals surface area contributed by atoms with Gasteiger partial charge in [0, 0.05) is 17.0 Å². The predicted molar refractivity (Wildman–Crippen MR) is 86.1 cm³/mol. The zero-order chi connectivity index (χ0) is 15.4. The van der Waals surface area contributed by atoms with E-state index in [1.807, 2.05) is 19.2 Å². The van der Waals surface area contributed by atoms with Crippen molar-refractivity contribution in [1.82, 2.24) is 5.32 Å². The van der Waals surface area contributed by atoms with Gasteiger partial charge in [0.05, 0.1) is 32.9 Å². The van der Waals surface area contributed by atoms with Crippen molar-refractivity contribution in [3.63, 3.8) is 0 Å². The van der Waals surface area contributed by atoms with Crippen molar-refractivity contribution in [2.45, 2.75) is 13.0 Å². The summed E-state index contributed by atoms with van der Waals surface area (Å²) in [5.41, 5.74) is 2.23. The Morgan fingerprint density at radius 2 is 1.67 bits per heavy atom. The van der Waals surface area contributed by atoms with Crippen LogP contribution in [0, 0.1) is 6.92 Å². The van der Waals surface area contributed by atoms with E-state index >= 15 is 0 Å². The molecule has 2 rings (SSSR count). The van der Waals surface area contributed by atoms with E-state index in [-0.39, 0.29) is 6.04 Å². The Kier molecular flexibility index (Phi) is 5.09. The minimum absolute atomic E-state index is 0.0146. The molecule has 1 atom stereocenters. The second kappa shape index (κ2) is 6.83. The molecule has 5 heteroatoms. The molecule has 2 aromatic rings. The van der Waals surface area contributed by atoms with Crippen LogP contribution in [0.1, 0.15) is 22.0 Å². The fraction of sp³-hybridized carbons (Fsp3) is 0.375. The molecule has 1 heterocycles. The fourth-order valence-corrected chi connectivity index (χ4v) is 3.45. The number of aryl methyl sites for hydroxylation is 1. The highest BCUT2D eigenvalue weighted by Gasteiger charge is 2.24. The summed E-state index contributed by atoms with van der Waals surface area (Å²) in [7, 11) is 6.89. The zero-order valence-electron chi connectivity index (χ0n) is 13.0. The fourth-order valence-electron chi connectivity index (χ4n) is 2.40. The molecule has 0 aliphatic rings. The summed E-state index contributed by atoms with van der Waals surface area (Å²) in [5, 5.41) is 5.45. The molecule has 0 saturated carbocycles. The first-order chi connectivity index (χ1) is 10.2. The molecule has 0 fully saturated rings. The molecule has 1 N–H and O–H groups in total. The lowest BCUT2D eigenvalue weighted by atomic mass is 10.0. The van der Waals surface area contributed by atoms with E-state index in [1.54, 1.807) is 32.7 Å². The molecule has 4 nitrogen and oxygen atoms in total. The highest BCUT2D eigenvalue weighted by atomic mass is 32.1. The van der Waals surface area contributed by atoms with Crippen molar-refractivity contribution < 1.29 is 14.2 Å². The first kappa shape index (κ1) is 15.7. The molecule has 0 saturated heterocycles. The molecule has 21 heavy (non-hydrogen) atoms. The number of thiophene rings is 1. The van der Waals surface area contributed by atoms with Gasteiger partial charge in [-0.25, -0.2) is 0 Å². The van der Waals surface area contributed by atoms with E-state index in [0.29, 0.717) is 5.75 Å². The molecule has 1 aromatic carbocycles. The molecule has 0 radical (unpaired) electrons. The Balaban J connectivity index is 2.62. The van der Waals surface area contributed by atoms with Crippen molar-refractivity contribution in [2.75, 3.05) is 28.4 Å². The second-order valence-electron chi connectivity index (χ2n) is 4.64. The molecular formula is C16H21NO3S. The molecule has 1 aromatic heterocycles. The predicted octanol–water partition coefficient (Wildman–Crippen LogP) is 3.39. The molecule has 1 unspecified atom stereocenters. The van der Waals surface area contributed by atoms with Gasteiger partial charge in [-0.1, -0.05) is 0 Å². The van der Waals surface area contributed by atoms with Gasteiger partial charge < -0.3 is 19.5 Å². The van der Waals surface area contributed by atoms with Gasteiger partial charge in [-0.2, -0.15) is 0 Å². The van der Waals surface area contributed by atoms with Crippen LogP contribution < -0.4 is 19.5 Å². The van der Waals surface area contributed by atoms with Gasteiger partial charge in [0.1, 0.15) is 17.2 Å². The van der Waals surface area contributed by atoms with Crippen LogP contribution in [0.15, 0.2) is 23.6 Å². The van der Waals surface area contributed by atoms with Crippen LogP contribution in [0.5, 0.6) is 17.2 Å². The largest absolute Gasteiger partial charge is 0.496 e. The van der Waals surface area contributed by atoms with Crippen LogP contribution in [0.2, 0.25) is 0 Å². The van der Waals surface area contributed by atoms with Crippen LogP contribution >= 0.6 is 11.3 Å². The monoisotopic (exact) mass is 307 g/mol. The van der Waals surface area contributed by atoms with Crippen LogP contribution in [0.4, 0.5) is 0 Å². The maximum Gasteiger partial charge on any atom is 0.131 e. The normalized spacial score (nSPS) is 12.0. The summed E-state index contributed by atoms with van der Waals surface area (Å²) >= 11 is 1.72. The first-order valence-corrected chi connectivity index (χ1v) is 7.55. The van der Waals surface area contributed by atoms with Gasteiger partial charge in [0.2, 0.25) is 0 Å². The number of hydrogen-bond acceptors (Lipinski definition) is 5. The molecular weight excluding hydrogens is 286 g/mol. The molecule has 0 spiro atoms. The van der Waals surface area contributed by atoms with Crippen LogP contribution in [0.25, 0.3) is 0 Å². The van der Waals surface area contributed by atoms with E-state index in [9.17, 15) is 0 Å². The van der Waals surface area contributed by atoms with Crippen LogP contribution in [-0.2, 0) is 0 Å². The van der Waals surface area contributed by atoms with E-state index in [2.05, 4.69) is 23.7 Å². The minimum atomic E-state index is 0.0146. The van der Waals surface area contributed by atoms with Crippen molar-refractivity contribution in [1.29, 1.82) is 0 Å². The number of hydrogen-bond donors (Lipinski definition) is 1. The van der Waals surface area contributed by atoms with Gasteiger partial charge in [0.25, 0.3) is 0 Å². The summed E-state index contributed by atoms with van der Waals surface area (Å²) in [6.45, 7) is 2.11. The summed E-state index contributed by atoms with van der Waals surface area (Å²) in [6, 6.07) is 5.89. The molecule has 114 valence electrons. The first-order valence-electron chi connectivity index (χ1n) is 6.67. The van der Waals surface area contributed by atoms with Crippen LogP contribution in [0.3, 0.4) is 0 Å². The third kappa shape index (κ3) is 2.99. The minimum Gasteiger partial charge on any atom is -0.496 e. The maximum absolute atomic E-state index is 5.56. The number of nitrogens with one attached hydrogen (secondary N) is 1. The molecule has 0 aliphatic carbocycles. The highest BCUT2D eigenvalue weighted by Crippen LogP contribution is 2.42. The maximum atomic E-state index is 5.56. The number of benzene rings is 1. The number of ether oxygens (including phenoxy) is 3. The van der Waals surface area contributed by atoms with Gasteiger partial charge >= 0.3 is 0 Å². The standard InChI is InChI=1S/C16H21NO3S/c1-10-6-7-21-16(10)15(17-2)14-12(19-4)8-11(18-3)9-13(14)20-5/h6-9,15,17H,1-5H3. The number of rotatable bonds is 6. The van der Waals surface area contributed by atoms with Crippen molar-refractivity contribution in [3.05, 3.63) is 39.6 Å². The molecule has 0 bridgehead atoms. The van der Waals surface area contributed by atoms with E-state index in [4.69, 9.17) is 14.2 Å². The molecule has 0 amide bonds. The topological polar surface area (TPSA) is 39.7 Å². The number of methoxy groups -OCH3 is 3. The average Bonchev–Trinajstić information content (AvgIpc) is 2.94. The van der Waals surface area contributed by atoms with Crippen LogP contribution in [-0.4, -0.2) is 28.4 Å². The quantitative estimate of drug-likeness (QED) is 0.888. The van der Waals surface area contributed by atoms with Gasteiger partial charge in [-0.05, 0) is 31.0 Å². The summed E-state index contributed by atoms with van der Waals surface area (Å²) in [5.74, 6) is 2.21. The summed E-state index contributed by atoms with van der Waals surface area (Å²) in [6.07, 6.45) is 0. The van der Waals surface area contributed by atoms with Gasteiger partial charge in [-0.15, -0.1) is 11.3 Å². The van der Waals surface area contributed by atoms with E-state index < -0.39 is 0 Å². The Labute approximate surface area is 129 Å². The third-order valence-corrected chi connectivity index (χ3v) is 4.58. The van der Waals surface area contributed by atoms with E-state index in [1.165, 1.54) is 10.4 Å². The lowest BCUT2D eigenvalue weighted by Crippen LogP contribution is -2.19. The summed E-state index contributed by atoms with van der Waals surface area (Å²) in [4.78, 5) is 1.25. The Morgan fingerprint density at radius 3 is 2.05 bits per heavy atom. The smallest absolute Gasteiger partial charge is 0.131 e. The van der Waals surface area contributed by atoms with Crippen molar-refractivity contribution in [2.24, 2.45) is 0 Å². The van der Waals surface area contributed by atoms with E-state index in [0.717, 1.165) is 17.1 Å².